The second-order valence-corrected chi connectivity index (χ2v) is 5.88. The van der Waals surface area contributed by atoms with Crippen molar-refractivity contribution in [3.05, 3.63) is 59.5 Å². The lowest BCUT2D eigenvalue weighted by atomic mass is 9.98. The van der Waals surface area contributed by atoms with E-state index in [0.29, 0.717) is 16.9 Å². The molecule has 10 heteroatoms. The van der Waals surface area contributed by atoms with Gasteiger partial charge in [0, 0.05) is 5.56 Å². The number of carbonyl (C=O) groups is 5. The fraction of sp³-hybridized carbons (Fsp3) is 0.167. The van der Waals surface area contributed by atoms with Crippen molar-refractivity contribution in [3.63, 3.8) is 0 Å². The van der Waals surface area contributed by atoms with Crippen LogP contribution in [0.25, 0.3) is 0 Å². The molecule has 0 unspecified atom stereocenters. The fourth-order valence-electron chi connectivity index (χ4n) is 2.59. The third-order valence-electron chi connectivity index (χ3n) is 3.96. The average Bonchev–Trinajstić information content (AvgIpc) is 3.21. The first-order valence-corrected chi connectivity index (χ1v) is 8.27. The lowest BCUT2D eigenvalue weighted by Crippen LogP contribution is -2.53. The van der Waals surface area contributed by atoms with Gasteiger partial charge in [-0.15, -0.1) is 0 Å². The molecule has 2 heterocycles. The molecule has 5 amide bonds. The number of imide groups is 1. The van der Waals surface area contributed by atoms with Crippen LogP contribution in [0.3, 0.4) is 0 Å². The number of benzene rings is 1. The van der Waals surface area contributed by atoms with E-state index in [9.17, 15) is 24.0 Å². The van der Waals surface area contributed by atoms with Crippen molar-refractivity contribution in [1.29, 1.82) is 0 Å². The molecule has 144 valence electrons. The van der Waals surface area contributed by atoms with E-state index >= 15 is 0 Å². The van der Waals surface area contributed by atoms with Gasteiger partial charge in [0.1, 0.15) is 12.3 Å². The largest absolute Gasteiger partial charge is 0.467 e. The molecule has 1 aliphatic rings. The zero-order chi connectivity index (χ0) is 20.1. The van der Waals surface area contributed by atoms with Crippen LogP contribution in [-0.4, -0.2) is 41.0 Å². The van der Waals surface area contributed by atoms with Crippen molar-refractivity contribution >= 4 is 29.5 Å². The van der Waals surface area contributed by atoms with Gasteiger partial charge in [0.15, 0.2) is 0 Å². The van der Waals surface area contributed by atoms with Crippen LogP contribution in [0.1, 0.15) is 21.7 Å². The van der Waals surface area contributed by atoms with Gasteiger partial charge in [-0.25, -0.2) is 0 Å². The van der Waals surface area contributed by atoms with Crippen LogP contribution in [0, 0.1) is 0 Å². The maximum Gasteiger partial charge on any atom is 0.327 e. The second-order valence-electron chi connectivity index (χ2n) is 5.88. The van der Waals surface area contributed by atoms with Crippen LogP contribution in [0.4, 0.5) is 0 Å². The highest BCUT2D eigenvalue weighted by Crippen LogP contribution is 2.19. The number of hydrazine groups is 1. The van der Waals surface area contributed by atoms with E-state index in [0.717, 1.165) is 4.90 Å². The summed E-state index contributed by atoms with van der Waals surface area (Å²) in [6.07, 6.45) is 1.42. The molecule has 0 aliphatic carbocycles. The van der Waals surface area contributed by atoms with Crippen LogP contribution >= 0.6 is 0 Å². The summed E-state index contributed by atoms with van der Waals surface area (Å²) in [7, 11) is 0. The number of fused-ring (bicyclic) bond motifs is 1. The minimum Gasteiger partial charge on any atom is -0.467 e. The van der Waals surface area contributed by atoms with Crippen molar-refractivity contribution < 1.29 is 28.4 Å². The van der Waals surface area contributed by atoms with Crippen LogP contribution in [0.5, 0.6) is 0 Å². The number of rotatable bonds is 4. The van der Waals surface area contributed by atoms with Gasteiger partial charge in [0.05, 0.1) is 19.2 Å². The number of amides is 5. The van der Waals surface area contributed by atoms with E-state index in [1.807, 2.05) is 10.9 Å². The van der Waals surface area contributed by atoms with Gasteiger partial charge < -0.3 is 9.73 Å². The summed E-state index contributed by atoms with van der Waals surface area (Å²) in [5, 5.41) is 2.30. The number of nitrogens with zero attached hydrogens (tertiary/aromatic N) is 1. The molecule has 0 radical (unpaired) electrons. The highest BCUT2D eigenvalue weighted by Gasteiger charge is 2.32. The molecule has 2 aromatic rings. The third kappa shape index (κ3) is 4.23. The lowest BCUT2D eigenvalue weighted by Gasteiger charge is -2.26. The second kappa shape index (κ2) is 8.16. The van der Waals surface area contributed by atoms with Gasteiger partial charge in [-0.1, -0.05) is 18.2 Å². The number of hydrogen-bond donors (Lipinski definition) is 3. The van der Waals surface area contributed by atoms with E-state index in [4.69, 9.17) is 4.42 Å². The zero-order valence-corrected chi connectivity index (χ0v) is 14.6. The Kier molecular flexibility index (Phi) is 5.49. The zero-order valence-electron chi connectivity index (χ0n) is 14.6. The SMILES string of the molecule is O=C(CN1C(=O)Cc2ccccc2C1=O)NNC(=O)C(=O)NCc1ccco1. The summed E-state index contributed by atoms with van der Waals surface area (Å²) in [6.45, 7) is -0.580. The molecular formula is C18H16N4O6. The van der Waals surface area contributed by atoms with Gasteiger partial charge >= 0.3 is 11.8 Å². The Balaban J connectivity index is 1.49. The Morgan fingerprint density at radius 1 is 1.00 bits per heavy atom. The summed E-state index contributed by atoms with van der Waals surface area (Å²) >= 11 is 0. The normalized spacial score (nSPS) is 12.9. The summed E-state index contributed by atoms with van der Waals surface area (Å²) in [5.74, 6) is -3.59. The molecule has 1 aliphatic heterocycles. The van der Waals surface area contributed by atoms with Crippen molar-refractivity contribution in [2.45, 2.75) is 13.0 Å². The van der Waals surface area contributed by atoms with Crippen LogP contribution in [-0.2, 0) is 32.1 Å². The highest BCUT2D eigenvalue weighted by atomic mass is 16.3. The Morgan fingerprint density at radius 3 is 2.54 bits per heavy atom. The summed E-state index contributed by atoms with van der Waals surface area (Å²) in [5.41, 5.74) is 4.86. The predicted molar refractivity (Wildman–Crippen MR) is 93.0 cm³/mol. The van der Waals surface area contributed by atoms with Gasteiger partial charge in [0.25, 0.3) is 11.8 Å². The molecule has 3 rings (SSSR count). The minimum atomic E-state index is -1.11. The summed E-state index contributed by atoms with van der Waals surface area (Å²) in [4.78, 5) is 60.6. The molecular weight excluding hydrogens is 368 g/mol. The number of nitrogens with one attached hydrogen (secondary N) is 3. The van der Waals surface area contributed by atoms with E-state index in [1.165, 1.54) is 6.26 Å². The van der Waals surface area contributed by atoms with Crippen LogP contribution in [0.15, 0.2) is 47.1 Å². The fourth-order valence-corrected chi connectivity index (χ4v) is 2.59. The molecule has 10 nitrogen and oxygen atoms in total. The smallest absolute Gasteiger partial charge is 0.327 e. The van der Waals surface area contributed by atoms with E-state index in [1.54, 1.807) is 36.4 Å². The topological polar surface area (TPSA) is 138 Å². The first kappa shape index (κ1) is 18.8. The molecule has 3 N–H and O–H groups in total. The highest BCUT2D eigenvalue weighted by molar-refractivity contribution is 6.35. The van der Waals surface area contributed by atoms with Gasteiger partial charge in [-0.2, -0.15) is 0 Å². The van der Waals surface area contributed by atoms with Crippen LogP contribution < -0.4 is 16.2 Å². The Bertz CT molecular complexity index is 937. The standard InChI is InChI=1S/C18H16N4O6/c23-14(20-21-17(26)16(25)19-9-12-5-3-7-28-12)10-22-15(24)8-11-4-1-2-6-13(11)18(22)27/h1-7H,8-10H2,(H,19,25)(H,20,23)(H,21,26). The monoisotopic (exact) mass is 384 g/mol. The molecule has 28 heavy (non-hydrogen) atoms. The number of hydrogen-bond acceptors (Lipinski definition) is 6. The van der Waals surface area contributed by atoms with Crippen molar-refractivity contribution in [3.8, 4) is 0 Å². The number of furan rings is 1. The Labute approximate surface area is 158 Å². The van der Waals surface area contributed by atoms with Crippen molar-refractivity contribution in [2.75, 3.05) is 6.54 Å². The van der Waals surface area contributed by atoms with Gasteiger partial charge in [-0.3, -0.25) is 39.7 Å². The third-order valence-corrected chi connectivity index (χ3v) is 3.96. The first-order valence-electron chi connectivity index (χ1n) is 8.27. The molecule has 1 aromatic heterocycles. The Morgan fingerprint density at radius 2 is 1.79 bits per heavy atom. The molecule has 0 saturated carbocycles. The maximum atomic E-state index is 12.4. The average molecular weight is 384 g/mol. The molecule has 0 atom stereocenters. The lowest BCUT2D eigenvalue weighted by molar-refractivity contribution is -0.141. The minimum absolute atomic E-state index is 0.00324. The van der Waals surface area contributed by atoms with Gasteiger partial charge in [0.2, 0.25) is 5.91 Å². The molecule has 0 bridgehead atoms. The predicted octanol–water partition coefficient (Wildman–Crippen LogP) is -0.732. The van der Waals surface area contributed by atoms with Crippen molar-refractivity contribution in [2.24, 2.45) is 0 Å². The summed E-state index contributed by atoms with van der Waals surface area (Å²) in [6, 6.07) is 9.86. The van der Waals surface area contributed by atoms with E-state index in [2.05, 4.69) is 5.32 Å². The van der Waals surface area contributed by atoms with Crippen LogP contribution in [0.2, 0.25) is 0 Å². The molecule has 0 spiro atoms. The van der Waals surface area contributed by atoms with E-state index in [-0.39, 0.29) is 13.0 Å². The van der Waals surface area contributed by atoms with Crippen molar-refractivity contribution in [1.82, 2.24) is 21.1 Å². The maximum absolute atomic E-state index is 12.4. The molecule has 0 saturated heterocycles. The first-order chi connectivity index (χ1) is 13.5. The molecule has 0 fully saturated rings. The molecule has 1 aromatic carbocycles. The summed E-state index contributed by atoms with van der Waals surface area (Å²) < 4.78 is 5.01. The number of carbonyl (C=O) groups excluding carboxylic acids is 5. The quantitative estimate of drug-likeness (QED) is 0.361. The van der Waals surface area contributed by atoms with E-state index < -0.39 is 36.1 Å². The van der Waals surface area contributed by atoms with Gasteiger partial charge in [-0.05, 0) is 23.8 Å². The Hall–Kier alpha value is -3.95.